The van der Waals surface area contributed by atoms with Gasteiger partial charge in [0.05, 0.1) is 13.0 Å². The molecule has 1 heterocycles. The van der Waals surface area contributed by atoms with E-state index in [0.29, 0.717) is 0 Å². The van der Waals surface area contributed by atoms with Crippen molar-refractivity contribution >= 4 is 16.0 Å². The van der Waals surface area contributed by atoms with E-state index in [0.717, 1.165) is 12.1 Å². The summed E-state index contributed by atoms with van der Waals surface area (Å²) in [5, 5.41) is 4.70. The van der Waals surface area contributed by atoms with Gasteiger partial charge in [-0.3, -0.25) is 4.79 Å². The van der Waals surface area contributed by atoms with Crippen molar-refractivity contribution < 1.29 is 26.7 Å². The quantitative estimate of drug-likeness (QED) is 0.804. The molecule has 1 atom stereocenters. The van der Waals surface area contributed by atoms with E-state index in [2.05, 4.69) is 4.74 Å². The zero-order valence-electron chi connectivity index (χ0n) is 9.02. The predicted molar refractivity (Wildman–Crippen MR) is 56.0 cm³/mol. The van der Waals surface area contributed by atoms with Gasteiger partial charge in [-0.2, -0.15) is 0 Å². The van der Waals surface area contributed by atoms with Crippen LogP contribution in [0.25, 0.3) is 0 Å². The van der Waals surface area contributed by atoms with E-state index in [1.807, 2.05) is 0 Å². The van der Waals surface area contributed by atoms with Gasteiger partial charge in [0.2, 0.25) is 10.0 Å². The van der Waals surface area contributed by atoms with Crippen LogP contribution in [0.3, 0.4) is 0 Å². The molecule has 0 spiro atoms. The van der Waals surface area contributed by atoms with Crippen molar-refractivity contribution in [2.24, 2.45) is 5.14 Å². The van der Waals surface area contributed by atoms with Gasteiger partial charge in [-0.15, -0.1) is 0 Å². The smallest absolute Gasteiger partial charge is 0.306 e. The lowest BCUT2D eigenvalue weighted by Crippen LogP contribution is -2.17. The number of halogens is 2. The first-order valence-corrected chi connectivity index (χ1v) is 6.51. The molecular formula is C10H9F2NO4S. The number of nitrogens with two attached hydrogens (primary N) is 1. The van der Waals surface area contributed by atoms with E-state index in [9.17, 15) is 22.0 Å². The van der Waals surface area contributed by atoms with Gasteiger partial charge >= 0.3 is 5.97 Å². The Morgan fingerprint density at radius 1 is 1.28 bits per heavy atom. The van der Waals surface area contributed by atoms with Crippen LogP contribution in [0.15, 0.2) is 17.0 Å². The van der Waals surface area contributed by atoms with Crippen LogP contribution in [0.5, 0.6) is 0 Å². The summed E-state index contributed by atoms with van der Waals surface area (Å²) in [4.78, 5) is 9.73. The first-order chi connectivity index (χ1) is 8.29. The number of hydrogen-bond acceptors (Lipinski definition) is 4. The average molecular weight is 277 g/mol. The number of carbonyl (C=O) groups is 1. The van der Waals surface area contributed by atoms with Crippen LogP contribution in [0.1, 0.15) is 17.9 Å². The number of cyclic esters (lactones) is 1. The molecule has 1 aromatic rings. The SMILES string of the molecule is NS(=O)(=O)c1c(F)cc(C2COC(=O)C2)cc1F. The summed E-state index contributed by atoms with van der Waals surface area (Å²) < 4.78 is 53.7. The molecule has 0 aromatic heterocycles. The molecule has 0 bridgehead atoms. The van der Waals surface area contributed by atoms with Crippen LogP contribution < -0.4 is 5.14 Å². The van der Waals surface area contributed by atoms with Crippen molar-refractivity contribution in [2.75, 3.05) is 6.61 Å². The van der Waals surface area contributed by atoms with E-state index in [4.69, 9.17) is 5.14 Å². The molecular weight excluding hydrogens is 268 g/mol. The third-order valence-electron chi connectivity index (χ3n) is 2.64. The number of primary sulfonamides is 1. The minimum atomic E-state index is -4.46. The van der Waals surface area contributed by atoms with Crippen LogP contribution in [-0.4, -0.2) is 21.0 Å². The molecule has 0 amide bonds. The Morgan fingerprint density at radius 3 is 2.22 bits per heavy atom. The molecule has 1 aliphatic rings. The predicted octanol–water partition coefficient (Wildman–Crippen LogP) is 0.643. The van der Waals surface area contributed by atoms with Gasteiger partial charge in [0.25, 0.3) is 0 Å². The largest absolute Gasteiger partial charge is 0.465 e. The highest BCUT2D eigenvalue weighted by molar-refractivity contribution is 7.89. The molecule has 0 aliphatic carbocycles. The lowest BCUT2D eigenvalue weighted by Gasteiger charge is -2.09. The Morgan fingerprint density at radius 2 is 1.83 bits per heavy atom. The highest BCUT2D eigenvalue weighted by atomic mass is 32.2. The van der Waals surface area contributed by atoms with Gasteiger partial charge in [-0.05, 0) is 17.7 Å². The van der Waals surface area contributed by atoms with Crippen molar-refractivity contribution in [3.8, 4) is 0 Å². The van der Waals surface area contributed by atoms with Crippen molar-refractivity contribution in [1.82, 2.24) is 0 Å². The Labute approximate surface area is 102 Å². The maximum absolute atomic E-state index is 13.5. The number of sulfonamides is 1. The molecule has 8 heteroatoms. The summed E-state index contributed by atoms with van der Waals surface area (Å²) in [5.41, 5.74) is 0.170. The lowest BCUT2D eigenvalue weighted by molar-refractivity contribution is -0.137. The van der Waals surface area contributed by atoms with Crippen LogP contribution in [0.4, 0.5) is 8.78 Å². The van der Waals surface area contributed by atoms with E-state index in [1.54, 1.807) is 0 Å². The second-order valence-corrected chi connectivity index (χ2v) is 5.44. The van der Waals surface area contributed by atoms with Crippen LogP contribution in [0.2, 0.25) is 0 Å². The second-order valence-electron chi connectivity index (χ2n) is 3.94. The first-order valence-electron chi connectivity index (χ1n) is 4.96. The van der Waals surface area contributed by atoms with Crippen LogP contribution in [0, 0.1) is 11.6 Å². The highest BCUT2D eigenvalue weighted by Crippen LogP contribution is 2.29. The second kappa shape index (κ2) is 4.29. The fourth-order valence-corrected chi connectivity index (χ4v) is 2.48. The van der Waals surface area contributed by atoms with E-state index in [-0.39, 0.29) is 18.6 Å². The summed E-state index contributed by atoms with van der Waals surface area (Å²) in [7, 11) is -4.46. The van der Waals surface area contributed by atoms with Crippen molar-refractivity contribution in [3.63, 3.8) is 0 Å². The fraction of sp³-hybridized carbons (Fsp3) is 0.300. The zero-order valence-corrected chi connectivity index (χ0v) is 9.84. The Bertz CT molecular complexity index is 591. The number of carbonyl (C=O) groups excluding carboxylic acids is 1. The lowest BCUT2D eigenvalue weighted by atomic mass is 9.98. The number of esters is 1. The minimum absolute atomic E-state index is 0.00754. The molecule has 98 valence electrons. The van der Waals surface area contributed by atoms with Crippen LogP contribution in [-0.2, 0) is 19.6 Å². The van der Waals surface area contributed by atoms with Gasteiger partial charge in [0.15, 0.2) is 4.90 Å². The fourth-order valence-electron chi connectivity index (χ4n) is 1.81. The van der Waals surface area contributed by atoms with Gasteiger partial charge in [-0.25, -0.2) is 22.3 Å². The standard InChI is InChI=1S/C10H9F2NO4S/c11-7-1-5(6-3-9(14)17-4-6)2-8(12)10(7)18(13,15)16/h1-2,6H,3-4H2,(H2,13,15,16). The Balaban J connectivity index is 2.46. The molecule has 18 heavy (non-hydrogen) atoms. The maximum Gasteiger partial charge on any atom is 0.306 e. The summed E-state index contributed by atoms with van der Waals surface area (Å²) in [6, 6.07) is 1.71. The summed E-state index contributed by atoms with van der Waals surface area (Å²) >= 11 is 0. The molecule has 0 radical (unpaired) electrons. The van der Waals surface area contributed by atoms with Gasteiger partial charge < -0.3 is 4.74 Å². The molecule has 2 N–H and O–H groups in total. The minimum Gasteiger partial charge on any atom is -0.465 e. The molecule has 5 nitrogen and oxygen atoms in total. The van der Waals surface area contributed by atoms with E-state index >= 15 is 0 Å². The van der Waals surface area contributed by atoms with Gasteiger partial charge in [0.1, 0.15) is 11.6 Å². The highest BCUT2D eigenvalue weighted by Gasteiger charge is 2.28. The number of rotatable bonds is 2. The number of ether oxygens (including phenoxy) is 1. The van der Waals surface area contributed by atoms with Crippen molar-refractivity contribution in [3.05, 3.63) is 29.3 Å². The molecule has 0 saturated carbocycles. The normalized spacial score (nSPS) is 19.9. The first kappa shape index (κ1) is 12.9. The molecule has 1 aromatic carbocycles. The Hall–Kier alpha value is -1.54. The molecule has 1 unspecified atom stereocenters. The summed E-state index contributed by atoms with van der Waals surface area (Å²) in [6.45, 7) is 0.0203. The monoisotopic (exact) mass is 277 g/mol. The molecule has 2 rings (SSSR count). The van der Waals surface area contributed by atoms with Gasteiger partial charge in [0, 0.05) is 5.92 Å². The van der Waals surface area contributed by atoms with Crippen molar-refractivity contribution in [2.45, 2.75) is 17.2 Å². The summed E-state index contributed by atoms with van der Waals surface area (Å²) in [6.07, 6.45) is 0.00754. The molecule has 1 fully saturated rings. The average Bonchev–Trinajstić information content (AvgIpc) is 2.61. The van der Waals surface area contributed by atoms with E-state index < -0.39 is 38.4 Å². The van der Waals surface area contributed by atoms with Crippen molar-refractivity contribution in [1.29, 1.82) is 0 Å². The summed E-state index contributed by atoms with van der Waals surface area (Å²) in [5.74, 6) is -3.48. The Kier molecular flexibility index (Phi) is 3.07. The number of hydrogen-bond donors (Lipinski definition) is 1. The third-order valence-corrected chi connectivity index (χ3v) is 3.59. The van der Waals surface area contributed by atoms with Crippen LogP contribution >= 0.6 is 0 Å². The molecule has 1 saturated heterocycles. The van der Waals surface area contributed by atoms with Gasteiger partial charge in [-0.1, -0.05) is 0 Å². The zero-order chi connectivity index (χ0) is 13.5. The molecule has 1 aliphatic heterocycles. The topological polar surface area (TPSA) is 86.5 Å². The van der Waals surface area contributed by atoms with E-state index in [1.165, 1.54) is 0 Å². The third kappa shape index (κ3) is 2.34. The number of benzene rings is 1. The maximum atomic E-state index is 13.5.